The summed E-state index contributed by atoms with van der Waals surface area (Å²) >= 11 is 0. The van der Waals surface area contributed by atoms with Gasteiger partial charge in [-0.1, -0.05) is 13.8 Å². The largest absolute Gasteiger partial charge is 0.367 e. The summed E-state index contributed by atoms with van der Waals surface area (Å²) in [7, 11) is 0. The molecule has 0 aromatic carbocycles. The molecule has 0 aliphatic heterocycles. The van der Waals surface area contributed by atoms with E-state index >= 15 is 0 Å². The van der Waals surface area contributed by atoms with Gasteiger partial charge in [0.05, 0.1) is 0 Å². The molecule has 11 heavy (non-hydrogen) atoms. The lowest BCUT2D eigenvalue weighted by molar-refractivity contribution is 0.351. The number of hydrogen-bond donors (Lipinski definition) is 2. The first-order valence-corrected chi connectivity index (χ1v) is 3.97. The number of nitrogens with two attached hydrogens (primary N) is 1. The topological polar surface area (TPSA) is 41.8 Å². The molecule has 1 heterocycles. The van der Waals surface area contributed by atoms with Crippen molar-refractivity contribution in [3.05, 3.63) is 24.0 Å². The van der Waals surface area contributed by atoms with Gasteiger partial charge >= 0.3 is 0 Å². The molecule has 0 aliphatic rings. The summed E-state index contributed by atoms with van der Waals surface area (Å²) in [6.07, 6.45) is 3.86. The van der Waals surface area contributed by atoms with Crippen molar-refractivity contribution >= 4 is 0 Å². The molecule has 1 aromatic rings. The van der Waals surface area contributed by atoms with E-state index in [9.17, 15) is 0 Å². The Hall–Kier alpha value is -0.760. The van der Waals surface area contributed by atoms with E-state index in [0.29, 0.717) is 5.92 Å². The van der Waals surface area contributed by atoms with E-state index in [4.69, 9.17) is 5.73 Å². The second-order valence-corrected chi connectivity index (χ2v) is 3.54. The molecule has 1 rings (SSSR count). The number of aromatic amines is 1. The summed E-state index contributed by atoms with van der Waals surface area (Å²) in [5.41, 5.74) is 7.07. The molecule has 1 unspecified atom stereocenters. The highest BCUT2D eigenvalue weighted by Crippen LogP contribution is 2.25. The summed E-state index contributed by atoms with van der Waals surface area (Å²) in [4.78, 5) is 3.01. The Balaban J connectivity index is 2.90. The van der Waals surface area contributed by atoms with Gasteiger partial charge in [-0.15, -0.1) is 0 Å². The summed E-state index contributed by atoms with van der Waals surface area (Å²) in [6.45, 7) is 6.32. The number of hydrogen-bond acceptors (Lipinski definition) is 1. The zero-order chi connectivity index (χ0) is 8.48. The standard InChI is InChI=1S/C9H16N2/c1-7(2)9(3,10)8-4-5-11-6-8/h4-7,11H,10H2,1-3H3. The van der Waals surface area contributed by atoms with Crippen LogP contribution in [0.3, 0.4) is 0 Å². The van der Waals surface area contributed by atoms with Crippen LogP contribution < -0.4 is 5.73 Å². The second-order valence-electron chi connectivity index (χ2n) is 3.54. The van der Waals surface area contributed by atoms with Gasteiger partial charge in [-0.3, -0.25) is 0 Å². The van der Waals surface area contributed by atoms with Crippen molar-refractivity contribution in [1.29, 1.82) is 0 Å². The Bertz CT molecular complexity index is 209. The molecule has 62 valence electrons. The first kappa shape index (κ1) is 8.34. The molecule has 0 spiro atoms. The average Bonchev–Trinajstić information content (AvgIpc) is 2.37. The van der Waals surface area contributed by atoms with Crippen molar-refractivity contribution in [3.63, 3.8) is 0 Å². The van der Waals surface area contributed by atoms with Crippen molar-refractivity contribution in [2.75, 3.05) is 0 Å². The van der Waals surface area contributed by atoms with Crippen molar-refractivity contribution in [2.45, 2.75) is 26.3 Å². The predicted octanol–water partition coefficient (Wildman–Crippen LogP) is 1.84. The maximum absolute atomic E-state index is 6.11. The van der Waals surface area contributed by atoms with Gasteiger partial charge in [0.1, 0.15) is 0 Å². The van der Waals surface area contributed by atoms with E-state index in [2.05, 4.69) is 25.8 Å². The van der Waals surface area contributed by atoms with Crippen molar-refractivity contribution < 1.29 is 0 Å². The number of rotatable bonds is 2. The third-order valence-electron chi connectivity index (χ3n) is 2.42. The lowest BCUT2D eigenvalue weighted by Gasteiger charge is -2.28. The minimum atomic E-state index is -0.208. The molecular formula is C9H16N2. The molecule has 1 atom stereocenters. The molecule has 0 radical (unpaired) electrons. The average molecular weight is 152 g/mol. The lowest BCUT2D eigenvalue weighted by atomic mass is 9.84. The van der Waals surface area contributed by atoms with Gasteiger partial charge in [0.15, 0.2) is 0 Å². The molecule has 3 N–H and O–H groups in total. The van der Waals surface area contributed by atoms with Gasteiger partial charge < -0.3 is 10.7 Å². The minimum Gasteiger partial charge on any atom is -0.367 e. The van der Waals surface area contributed by atoms with Crippen LogP contribution >= 0.6 is 0 Å². The Labute approximate surface area is 67.8 Å². The fourth-order valence-corrected chi connectivity index (χ4v) is 0.992. The van der Waals surface area contributed by atoms with Gasteiger partial charge in [0.2, 0.25) is 0 Å². The summed E-state index contributed by atoms with van der Waals surface area (Å²) in [5.74, 6) is 0.457. The van der Waals surface area contributed by atoms with Crippen LogP contribution in [0.4, 0.5) is 0 Å². The molecule has 0 bridgehead atoms. The van der Waals surface area contributed by atoms with E-state index < -0.39 is 0 Å². The number of nitrogens with one attached hydrogen (secondary N) is 1. The smallest absolute Gasteiger partial charge is 0.0419 e. The highest BCUT2D eigenvalue weighted by molar-refractivity contribution is 5.19. The number of aromatic nitrogens is 1. The van der Waals surface area contributed by atoms with Crippen LogP contribution in [0.15, 0.2) is 18.5 Å². The molecule has 0 saturated heterocycles. The fourth-order valence-electron chi connectivity index (χ4n) is 0.992. The zero-order valence-electron chi connectivity index (χ0n) is 7.39. The molecule has 2 nitrogen and oxygen atoms in total. The molecule has 0 aliphatic carbocycles. The van der Waals surface area contributed by atoms with Crippen LogP contribution in [0.2, 0.25) is 0 Å². The summed E-state index contributed by atoms with van der Waals surface area (Å²) < 4.78 is 0. The van der Waals surface area contributed by atoms with Crippen LogP contribution in [-0.2, 0) is 5.54 Å². The molecule has 0 amide bonds. The fraction of sp³-hybridized carbons (Fsp3) is 0.556. The Morgan fingerprint density at radius 1 is 1.55 bits per heavy atom. The molecule has 2 heteroatoms. The van der Waals surface area contributed by atoms with E-state index in [1.54, 1.807) is 0 Å². The minimum absolute atomic E-state index is 0.208. The molecule has 0 fully saturated rings. The monoisotopic (exact) mass is 152 g/mol. The first-order chi connectivity index (χ1) is 5.05. The molecule has 1 aromatic heterocycles. The molecule has 0 saturated carbocycles. The van der Waals surface area contributed by atoms with Crippen LogP contribution in [0.25, 0.3) is 0 Å². The van der Waals surface area contributed by atoms with Crippen molar-refractivity contribution in [3.8, 4) is 0 Å². The number of H-pyrrole nitrogens is 1. The molecular weight excluding hydrogens is 136 g/mol. The van der Waals surface area contributed by atoms with Gasteiger partial charge in [-0.05, 0) is 24.5 Å². The predicted molar refractivity (Wildman–Crippen MR) is 47.2 cm³/mol. The maximum Gasteiger partial charge on any atom is 0.0419 e. The second kappa shape index (κ2) is 2.70. The van der Waals surface area contributed by atoms with Gasteiger partial charge in [0, 0.05) is 17.9 Å². The normalized spacial score (nSPS) is 16.8. The zero-order valence-corrected chi connectivity index (χ0v) is 7.39. The van der Waals surface area contributed by atoms with Crippen LogP contribution in [0, 0.1) is 5.92 Å². The van der Waals surface area contributed by atoms with E-state index in [0.717, 1.165) is 0 Å². The van der Waals surface area contributed by atoms with Gasteiger partial charge in [-0.25, -0.2) is 0 Å². The quantitative estimate of drug-likeness (QED) is 0.667. The van der Waals surface area contributed by atoms with E-state index in [-0.39, 0.29) is 5.54 Å². The van der Waals surface area contributed by atoms with Crippen LogP contribution in [0.5, 0.6) is 0 Å². The third kappa shape index (κ3) is 1.46. The van der Waals surface area contributed by atoms with Crippen molar-refractivity contribution in [1.82, 2.24) is 4.98 Å². The summed E-state index contributed by atoms with van der Waals surface area (Å²) in [5, 5.41) is 0. The highest BCUT2D eigenvalue weighted by atomic mass is 14.8. The lowest BCUT2D eigenvalue weighted by Crippen LogP contribution is -2.38. The first-order valence-electron chi connectivity index (χ1n) is 3.97. The maximum atomic E-state index is 6.11. The van der Waals surface area contributed by atoms with E-state index in [1.165, 1.54) is 5.56 Å². The SMILES string of the molecule is CC(C)C(C)(N)c1cc[nH]c1. The summed E-state index contributed by atoms with van der Waals surface area (Å²) in [6, 6.07) is 2.03. The van der Waals surface area contributed by atoms with Crippen molar-refractivity contribution in [2.24, 2.45) is 11.7 Å². The highest BCUT2D eigenvalue weighted by Gasteiger charge is 2.25. The van der Waals surface area contributed by atoms with E-state index in [1.807, 2.05) is 18.5 Å². The Kier molecular flexibility index (Phi) is 2.05. The van der Waals surface area contributed by atoms with Crippen LogP contribution in [-0.4, -0.2) is 4.98 Å². The van der Waals surface area contributed by atoms with Gasteiger partial charge in [-0.2, -0.15) is 0 Å². The van der Waals surface area contributed by atoms with Gasteiger partial charge in [0.25, 0.3) is 0 Å². The third-order valence-corrected chi connectivity index (χ3v) is 2.42. The Morgan fingerprint density at radius 3 is 2.55 bits per heavy atom. The Morgan fingerprint density at radius 2 is 2.18 bits per heavy atom. The van der Waals surface area contributed by atoms with Crippen LogP contribution in [0.1, 0.15) is 26.3 Å².